The Balaban J connectivity index is 2.22. The molecule has 2 unspecified atom stereocenters. The zero-order chi connectivity index (χ0) is 11.1. The van der Waals surface area contributed by atoms with Gasteiger partial charge in [0.25, 0.3) is 0 Å². The molecule has 2 nitrogen and oxygen atoms in total. The Morgan fingerprint density at radius 1 is 1.53 bits per heavy atom. The number of thioether (sulfide) groups is 1. The first-order chi connectivity index (χ1) is 7.27. The molecule has 0 spiro atoms. The number of hydrogen-bond donors (Lipinski definition) is 1. The number of nitrogens with one attached hydrogen (secondary N) is 1. The van der Waals surface area contributed by atoms with Gasteiger partial charge < -0.3 is 5.32 Å². The second-order valence-corrected chi connectivity index (χ2v) is 5.85. The third-order valence-electron chi connectivity index (χ3n) is 3.37. The van der Waals surface area contributed by atoms with E-state index in [1.807, 2.05) is 0 Å². The second-order valence-electron chi connectivity index (χ2n) is 4.46. The highest BCUT2D eigenvalue weighted by Gasteiger charge is 2.21. The van der Waals surface area contributed by atoms with Gasteiger partial charge in [-0.15, -0.1) is 0 Å². The molecule has 0 aliphatic carbocycles. The second kappa shape index (κ2) is 7.53. The van der Waals surface area contributed by atoms with Crippen LogP contribution in [0.25, 0.3) is 0 Å². The van der Waals surface area contributed by atoms with Gasteiger partial charge in [-0.3, -0.25) is 4.90 Å². The van der Waals surface area contributed by atoms with Gasteiger partial charge in [0.1, 0.15) is 0 Å². The van der Waals surface area contributed by atoms with Crippen LogP contribution >= 0.6 is 11.8 Å². The van der Waals surface area contributed by atoms with Crippen molar-refractivity contribution in [1.82, 2.24) is 10.2 Å². The smallest absolute Gasteiger partial charge is 0.0192 e. The molecule has 1 heterocycles. The topological polar surface area (TPSA) is 15.3 Å². The number of rotatable bonds is 6. The summed E-state index contributed by atoms with van der Waals surface area (Å²) in [6.07, 6.45) is 4.05. The maximum absolute atomic E-state index is 3.41. The summed E-state index contributed by atoms with van der Waals surface area (Å²) in [6.45, 7) is 7.17. The maximum atomic E-state index is 3.41. The molecule has 0 saturated carbocycles. The number of hydrogen-bond acceptors (Lipinski definition) is 3. The van der Waals surface area contributed by atoms with Gasteiger partial charge in [-0.05, 0) is 51.3 Å². The van der Waals surface area contributed by atoms with Crippen molar-refractivity contribution in [1.29, 1.82) is 0 Å². The van der Waals surface area contributed by atoms with Gasteiger partial charge in [-0.2, -0.15) is 11.8 Å². The van der Waals surface area contributed by atoms with E-state index in [0.717, 1.165) is 12.1 Å². The lowest BCUT2D eigenvalue weighted by Gasteiger charge is -2.36. The normalized spacial score (nSPS) is 25.4. The molecular formula is C12H26N2S. The maximum Gasteiger partial charge on any atom is 0.0192 e. The van der Waals surface area contributed by atoms with Crippen LogP contribution in [0.1, 0.15) is 33.1 Å². The summed E-state index contributed by atoms with van der Waals surface area (Å²) in [6, 6.07) is 1.49. The van der Waals surface area contributed by atoms with Crippen LogP contribution in [-0.4, -0.2) is 48.6 Å². The molecule has 15 heavy (non-hydrogen) atoms. The minimum atomic E-state index is 0.722. The quantitative estimate of drug-likeness (QED) is 0.704. The summed E-state index contributed by atoms with van der Waals surface area (Å²) in [7, 11) is 2.09. The third-order valence-corrected chi connectivity index (χ3v) is 4.30. The van der Waals surface area contributed by atoms with Crippen molar-refractivity contribution in [3.63, 3.8) is 0 Å². The summed E-state index contributed by atoms with van der Waals surface area (Å²) in [5, 5.41) is 3.41. The van der Waals surface area contributed by atoms with Crippen LogP contribution in [0.15, 0.2) is 0 Å². The van der Waals surface area contributed by atoms with Gasteiger partial charge >= 0.3 is 0 Å². The molecule has 0 amide bonds. The van der Waals surface area contributed by atoms with E-state index in [2.05, 4.69) is 42.9 Å². The summed E-state index contributed by atoms with van der Waals surface area (Å²) in [5.41, 5.74) is 0. The number of nitrogens with zero attached hydrogens (tertiary/aromatic N) is 1. The van der Waals surface area contributed by atoms with E-state index >= 15 is 0 Å². The molecule has 2 atom stereocenters. The molecule has 1 fully saturated rings. The standard InChI is InChI=1S/C12H26N2S/c1-4-15-9-7-11(2)14-8-5-6-12(10-14)13-3/h11-13H,4-10H2,1-3H3. The third kappa shape index (κ3) is 4.75. The first kappa shape index (κ1) is 13.3. The summed E-state index contributed by atoms with van der Waals surface area (Å²) < 4.78 is 0. The monoisotopic (exact) mass is 230 g/mol. The van der Waals surface area contributed by atoms with Crippen LogP contribution in [0.4, 0.5) is 0 Å². The van der Waals surface area contributed by atoms with Crippen LogP contribution in [0.2, 0.25) is 0 Å². The molecule has 1 aliphatic rings. The summed E-state index contributed by atoms with van der Waals surface area (Å²) in [4.78, 5) is 2.65. The molecule has 0 radical (unpaired) electrons. The molecule has 90 valence electrons. The van der Waals surface area contributed by atoms with Gasteiger partial charge in [-0.1, -0.05) is 6.92 Å². The summed E-state index contributed by atoms with van der Waals surface area (Å²) >= 11 is 2.06. The lowest BCUT2D eigenvalue weighted by atomic mass is 10.0. The molecule has 0 aromatic heterocycles. The van der Waals surface area contributed by atoms with Crippen molar-refractivity contribution < 1.29 is 0 Å². The van der Waals surface area contributed by atoms with Crippen molar-refractivity contribution in [2.24, 2.45) is 0 Å². The fourth-order valence-corrected chi connectivity index (χ4v) is 3.02. The number of likely N-dealkylation sites (tertiary alicyclic amines) is 1. The summed E-state index contributed by atoms with van der Waals surface area (Å²) in [5.74, 6) is 2.57. The Morgan fingerprint density at radius 2 is 2.33 bits per heavy atom. The SMILES string of the molecule is CCSCCC(C)N1CCCC(NC)C1. The van der Waals surface area contributed by atoms with E-state index in [0.29, 0.717) is 0 Å². The van der Waals surface area contributed by atoms with E-state index in [1.165, 1.54) is 43.9 Å². The van der Waals surface area contributed by atoms with Crippen LogP contribution < -0.4 is 5.32 Å². The zero-order valence-electron chi connectivity index (χ0n) is 10.5. The molecule has 1 saturated heterocycles. The molecule has 1 aliphatic heterocycles. The fraction of sp³-hybridized carbons (Fsp3) is 1.00. The first-order valence-electron chi connectivity index (χ1n) is 6.27. The lowest BCUT2D eigenvalue weighted by molar-refractivity contribution is 0.146. The number of likely N-dealkylation sites (N-methyl/N-ethyl adjacent to an activating group) is 1. The van der Waals surface area contributed by atoms with Gasteiger partial charge in [0, 0.05) is 18.6 Å². The van der Waals surface area contributed by atoms with Crippen molar-refractivity contribution in [2.75, 3.05) is 31.6 Å². The van der Waals surface area contributed by atoms with Crippen molar-refractivity contribution >= 4 is 11.8 Å². The molecule has 0 aromatic carbocycles. The molecule has 0 bridgehead atoms. The zero-order valence-corrected chi connectivity index (χ0v) is 11.3. The van der Waals surface area contributed by atoms with Gasteiger partial charge in [0.2, 0.25) is 0 Å². The van der Waals surface area contributed by atoms with Crippen LogP contribution in [-0.2, 0) is 0 Å². The first-order valence-corrected chi connectivity index (χ1v) is 7.42. The van der Waals surface area contributed by atoms with Gasteiger partial charge in [0.15, 0.2) is 0 Å². The Hall–Kier alpha value is 0.270. The molecule has 3 heteroatoms. The molecular weight excluding hydrogens is 204 g/mol. The minimum Gasteiger partial charge on any atom is -0.316 e. The van der Waals surface area contributed by atoms with Crippen molar-refractivity contribution in [3.8, 4) is 0 Å². The Bertz CT molecular complexity index is 164. The van der Waals surface area contributed by atoms with Gasteiger partial charge in [0.05, 0.1) is 0 Å². The predicted molar refractivity (Wildman–Crippen MR) is 70.7 cm³/mol. The fourth-order valence-electron chi connectivity index (χ4n) is 2.22. The highest BCUT2D eigenvalue weighted by Crippen LogP contribution is 2.16. The Labute approximate surface area is 99.2 Å². The van der Waals surface area contributed by atoms with Crippen LogP contribution in [0, 0.1) is 0 Å². The van der Waals surface area contributed by atoms with E-state index in [9.17, 15) is 0 Å². The molecule has 1 N–H and O–H groups in total. The van der Waals surface area contributed by atoms with Crippen molar-refractivity contribution in [2.45, 2.75) is 45.2 Å². The lowest BCUT2D eigenvalue weighted by Crippen LogP contribution is -2.48. The van der Waals surface area contributed by atoms with Crippen LogP contribution in [0.3, 0.4) is 0 Å². The van der Waals surface area contributed by atoms with E-state index in [4.69, 9.17) is 0 Å². The highest BCUT2D eigenvalue weighted by molar-refractivity contribution is 7.99. The molecule has 0 aromatic rings. The Morgan fingerprint density at radius 3 is 3.00 bits per heavy atom. The Kier molecular flexibility index (Phi) is 6.69. The highest BCUT2D eigenvalue weighted by atomic mass is 32.2. The largest absolute Gasteiger partial charge is 0.316 e. The van der Waals surface area contributed by atoms with Gasteiger partial charge in [-0.25, -0.2) is 0 Å². The molecule has 1 rings (SSSR count). The average molecular weight is 230 g/mol. The van der Waals surface area contributed by atoms with E-state index in [-0.39, 0.29) is 0 Å². The van der Waals surface area contributed by atoms with E-state index < -0.39 is 0 Å². The number of piperidine rings is 1. The predicted octanol–water partition coefficient (Wildman–Crippen LogP) is 2.20. The minimum absolute atomic E-state index is 0.722. The van der Waals surface area contributed by atoms with Crippen molar-refractivity contribution in [3.05, 3.63) is 0 Å². The van der Waals surface area contributed by atoms with E-state index in [1.54, 1.807) is 0 Å². The van der Waals surface area contributed by atoms with Crippen LogP contribution in [0.5, 0.6) is 0 Å². The average Bonchev–Trinajstić information content (AvgIpc) is 2.29.